The van der Waals surface area contributed by atoms with E-state index in [0.717, 1.165) is 11.0 Å². The molecule has 1 heterocycles. The number of ether oxygens (including phenoxy) is 1. The molecular formula is C15H21N3O2Si. The second-order valence-corrected chi connectivity index (χ2v) is 11.0. The Morgan fingerprint density at radius 2 is 1.86 bits per heavy atom. The zero-order valence-electron chi connectivity index (χ0n) is 13.2. The SMILES string of the molecule is CCOC(=O)c1nnn(-c2ccc(C)cc2)c1[Si](C)(C)C. The van der Waals surface area contributed by atoms with Gasteiger partial charge in [0.2, 0.25) is 0 Å². The lowest BCUT2D eigenvalue weighted by Gasteiger charge is -2.18. The van der Waals surface area contributed by atoms with E-state index in [1.807, 2.05) is 31.2 Å². The van der Waals surface area contributed by atoms with E-state index in [9.17, 15) is 4.79 Å². The summed E-state index contributed by atoms with van der Waals surface area (Å²) in [6.07, 6.45) is 0. The quantitative estimate of drug-likeness (QED) is 0.642. The molecule has 0 radical (unpaired) electrons. The van der Waals surface area contributed by atoms with Crippen LogP contribution in [0.5, 0.6) is 0 Å². The first-order chi connectivity index (χ1) is 9.84. The van der Waals surface area contributed by atoms with Gasteiger partial charge in [0.15, 0.2) is 5.69 Å². The van der Waals surface area contributed by atoms with Crippen molar-refractivity contribution < 1.29 is 9.53 Å². The van der Waals surface area contributed by atoms with Crippen molar-refractivity contribution >= 4 is 19.4 Å². The smallest absolute Gasteiger partial charge is 0.360 e. The average molecular weight is 303 g/mol. The van der Waals surface area contributed by atoms with Crippen LogP contribution >= 0.6 is 0 Å². The molecule has 0 atom stereocenters. The lowest BCUT2D eigenvalue weighted by Crippen LogP contribution is -2.46. The van der Waals surface area contributed by atoms with Crippen LogP contribution in [-0.2, 0) is 4.74 Å². The molecule has 112 valence electrons. The first-order valence-electron chi connectivity index (χ1n) is 7.05. The summed E-state index contributed by atoms with van der Waals surface area (Å²) < 4.78 is 6.88. The summed E-state index contributed by atoms with van der Waals surface area (Å²) in [5.74, 6) is -0.395. The second-order valence-electron chi connectivity index (χ2n) is 6.00. The van der Waals surface area contributed by atoms with Gasteiger partial charge in [-0.05, 0) is 26.0 Å². The molecule has 2 aromatic rings. The third-order valence-electron chi connectivity index (χ3n) is 3.13. The highest BCUT2D eigenvalue weighted by Gasteiger charge is 2.31. The van der Waals surface area contributed by atoms with Crippen molar-refractivity contribution in [3.8, 4) is 5.69 Å². The van der Waals surface area contributed by atoms with Gasteiger partial charge in [-0.1, -0.05) is 42.6 Å². The Hall–Kier alpha value is -1.95. The Labute approximate surface area is 125 Å². The van der Waals surface area contributed by atoms with E-state index in [1.54, 1.807) is 11.6 Å². The molecule has 0 amide bonds. The molecule has 0 unspecified atom stereocenters. The fourth-order valence-corrected chi connectivity index (χ4v) is 3.83. The molecule has 0 aliphatic rings. The summed E-state index contributed by atoms with van der Waals surface area (Å²) in [6.45, 7) is 10.7. The van der Waals surface area contributed by atoms with Crippen LogP contribution in [0.1, 0.15) is 23.0 Å². The van der Waals surface area contributed by atoms with Crippen LogP contribution in [-0.4, -0.2) is 35.6 Å². The minimum Gasteiger partial charge on any atom is -0.461 e. The number of aryl methyl sites for hydroxylation is 1. The minimum absolute atomic E-state index is 0.335. The molecule has 0 N–H and O–H groups in total. The Morgan fingerprint density at radius 3 is 2.38 bits per heavy atom. The Morgan fingerprint density at radius 1 is 1.24 bits per heavy atom. The predicted octanol–water partition coefficient (Wildman–Crippen LogP) is 2.30. The van der Waals surface area contributed by atoms with Gasteiger partial charge < -0.3 is 4.74 Å². The monoisotopic (exact) mass is 303 g/mol. The number of hydrogen-bond donors (Lipinski definition) is 0. The van der Waals surface area contributed by atoms with Gasteiger partial charge in [0.1, 0.15) is 8.07 Å². The third-order valence-corrected chi connectivity index (χ3v) is 5.00. The maximum Gasteiger partial charge on any atom is 0.360 e. The number of benzene rings is 1. The van der Waals surface area contributed by atoms with Crippen LogP contribution in [0.4, 0.5) is 0 Å². The summed E-state index contributed by atoms with van der Waals surface area (Å²) in [6, 6.07) is 8.02. The molecule has 0 fully saturated rings. The first-order valence-corrected chi connectivity index (χ1v) is 10.5. The zero-order valence-corrected chi connectivity index (χ0v) is 14.2. The fourth-order valence-electron chi connectivity index (χ4n) is 2.16. The van der Waals surface area contributed by atoms with E-state index in [4.69, 9.17) is 4.74 Å². The number of hydrogen-bond acceptors (Lipinski definition) is 4. The van der Waals surface area contributed by atoms with Crippen molar-refractivity contribution in [3.63, 3.8) is 0 Å². The van der Waals surface area contributed by atoms with Crippen molar-refractivity contribution in [1.82, 2.24) is 15.0 Å². The number of carbonyl (C=O) groups is 1. The molecule has 0 aliphatic carbocycles. The summed E-state index contributed by atoms with van der Waals surface area (Å²) in [7, 11) is -1.82. The van der Waals surface area contributed by atoms with Crippen molar-refractivity contribution in [1.29, 1.82) is 0 Å². The van der Waals surface area contributed by atoms with Gasteiger partial charge in [0.05, 0.1) is 17.6 Å². The fraction of sp³-hybridized carbons (Fsp3) is 0.400. The molecule has 0 saturated carbocycles. The molecule has 1 aromatic heterocycles. The van der Waals surface area contributed by atoms with E-state index < -0.39 is 14.0 Å². The number of carbonyl (C=O) groups excluding carboxylic acids is 1. The summed E-state index contributed by atoms with van der Waals surface area (Å²) >= 11 is 0. The zero-order chi connectivity index (χ0) is 15.6. The highest BCUT2D eigenvalue weighted by atomic mass is 28.3. The topological polar surface area (TPSA) is 57.0 Å². The maximum atomic E-state index is 12.1. The number of esters is 1. The van der Waals surface area contributed by atoms with Crippen LogP contribution < -0.4 is 5.32 Å². The standard InChI is InChI=1S/C15H21N3O2Si/c1-6-20-15(19)13-14(21(3,4)5)18(17-16-13)12-9-7-11(2)8-10-12/h7-10H,6H2,1-5H3. The Kier molecular flexibility index (Phi) is 4.27. The summed E-state index contributed by atoms with van der Waals surface area (Å²) in [4.78, 5) is 12.1. The van der Waals surface area contributed by atoms with E-state index in [1.165, 1.54) is 5.56 Å². The van der Waals surface area contributed by atoms with Crippen molar-refractivity contribution in [2.24, 2.45) is 0 Å². The van der Waals surface area contributed by atoms with E-state index in [2.05, 4.69) is 30.0 Å². The molecule has 21 heavy (non-hydrogen) atoms. The summed E-state index contributed by atoms with van der Waals surface area (Å²) in [5, 5.41) is 9.15. The van der Waals surface area contributed by atoms with Gasteiger partial charge in [-0.2, -0.15) is 0 Å². The summed E-state index contributed by atoms with van der Waals surface area (Å²) in [5.41, 5.74) is 2.44. The number of rotatable bonds is 4. The van der Waals surface area contributed by atoms with E-state index >= 15 is 0 Å². The van der Waals surface area contributed by atoms with Gasteiger partial charge in [-0.25, -0.2) is 9.48 Å². The largest absolute Gasteiger partial charge is 0.461 e. The van der Waals surface area contributed by atoms with E-state index in [-0.39, 0.29) is 0 Å². The van der Waals surface area contributed by atoms with Gasteiger partial charge in [0, 0.05) is 0 Å². The molecule has 0 saturated heterocycles. The maximum absolute atomic E-state index is 12.1. The third kappa shape index (κ3) is 3.21. The highest BCUT2D eigenvalue weighted by molar-refractivity contribution is 6.88. The first kappa shape index (κ1) is 15.4. The van der Waals surface area contributed by atoms with Crippen LogP contribution in [0.3, 0.4) is 0 Å². The van der Waals surface area contributed by atoms with Gasteiger partial charge in [-0.15, -0.1) is 5.10 Å². The number of nitrogens with zero attached hydrogens (tertiary/aromatic N) is 3. The van der Waals surface area contributed by atoms with Crippen LogP contribution in [0.15, 0.2) is 24.3 Å². The molecule has 0 aliphatic heterocycles. The molecule has 0 spiro atoms. The lowest BCUT2D eigenvalue weighted by atomic mass is 10.2. The van der Waals surface area contributed by atoms with Gasteiger partial charge >= 0.3 is 5.97 Å². The van der Waals surface area contributed by atoms with Crippen molar-refractivity contribution in [2.75, 3.05) is 6.61 Å². The Bertz CT molecular complexity index is 642. The normalized spacial score (nSPS) is 11.5. The van der Waals surface area contributed by atoms with Gasteiger partial charge in [0.25, 0.3) is 0 Å². The number of aromatic nitrogens is 3. The predicted molar refractivity (Wildman–Crippen MR) is 85.0 cm³/mol. The van der Waals surface area contributed by atoms with Crippen molar-refractivity contribution in [2.45, 2.75) is 33.5 Å². The van der Waals surface area contributed by atoms with Crippen LogP contribution in [0, 0.1) is 6.92 Å². The van der Waals surface area contributed by atoms with Gasteiger partial charge in [-0.3, -0.25) is 0 Å². The molecule has 0 bridgehead atoms. The lowest BCUT2D eigenvalue weighted by molar-refractivity contribution is 0.0521. The molecule has 6 heteroatoms. The molecule has 2 rings (SSSR count). The van der Waals surface area contributed by atoms with E-state index in [0.29, 0.717) is 12.3 Å². The average Bonchev–Trinajstić information content (AvgIpc) is 2.84. The molecule has 1 aromatic carbocycles. The second kappa shape index (κ2) is 5.81. The Balaban J connectivity index is 2.57. The molecular weight excluding hydrogens is 282 g/mol. The molecule has 5 nitrogen and oxygen atoms in total. The highest BCUT2D eigenvalue weighted by Crippen LogP contribution is 2.12. The van der Waals surface area contributed by atoms with Crippen molar-refractivity contribution in [3.05, 3.63) is 35.5 Å². The van der Waals surface area contributed by atoms with Crippen LogP contribution in [0.25, 0.3) is 5.69 Å². The van der Waals surface area contributed by atoms with Crippen LogP contribution in [0.2, 0.25) is 19.6 Å². The minimum atomic E-state index is -1.82.